The van der Waals surface area contributed by atoms with Gasteiger partial charge in [-0.05, 0) is 37.0 Å². The number of likely N-dealkylation sites (tertiary alicyclic amines) is 1. The average Bonchev–Trinajstić information content (AvgIpc) is 3.20. The molecule has 2 saturated heterocycles. The first kappa shape index (κ1) is 19.8. The summed E-state index contributed by atoms with van der Waals surface area (Å²) < 4.78 is 0. The van der Waals surface area contributed by atoms with Crippen LogP contribution in [0.1, 0.15) is 31.7 Å². The Morgan fingerprint density at radius 2 is 1.48 bits per heavy atom. The molecule has 0 radical (unpaired) electrons. The number of benzene rings is 1. The molecular weight excluding hydrogens is 340 g/mol. The van der Waals surface area contributed by atoms with E-state index in [1.165, 1.54) is 5.56 Å². The van der Waals surface area contributed by atoms with Gasteiger partial charge in [0.25, 0.3) is 0 Å². The number of anilines is 1. The number of amides is 2. The first-order chi connectivity index (χ1) is 13.1. The highest BCUT2D eigenvalue weighted by molar-refractivity contribution is 5.92. The van der Waals surface area contributed by atoms with E-state index in [-0.39, 0.29) is 11.8 Å². The van der Waals surface area contributed by atoms with Gasteiger partial charge in [0, 0.05) is 45.0 Å². The van der Waals surface area contributed by atoms with E-state index in [0.29, 0.717) is 13.1 Å². The molecule has 6 nitrogen and oxygen atoms in total. The molecule has 148 valence electrons. The maximum Gasteiger partial charge on any atom is 0.238 e. The molecule has 2 amide bonds. The SMILES string of the molecule is CCCc1ccc(NC(=O)CN2CCN(CC(=O)N3CCCC3)CC2)cc1. The van der Waals surface area contributed by atoms with Gasteiger partial charge in [0.15, 0.2) is 0 Å². The van der Waals surface area contributed by atoms with E-state index in [4.69, 9.17) is 0 Å². The fourth-order valence-electron chi connectivity index (χ4n) is 3.81. The first-order valence-electron chi connectivity index (χ1n) is 10.3. The highest BCUT2D eigenvalue weighted by atomic mass is 16.2. The van der Waals surface area contributed by atoms with Gasteiger partial charge in [-0.1, -0.05) is 25.5 Å². The number of aryl methyl sites for hydroxylation is 1. The molecule has 0 atom stereocenters. The van der Waals surface area contributed by atoms with Crippen molar-refractivity contribution in [1.82, 2.24) is 14.7 Å². The Morgan fingerprint density at radius 1 is 0.889 bits per heavy atom. The van der Waals surface area contributed by atoms with E-state index >= 15 is 0 Å². The molecule has 0 bridgehead atoms. The number of nitrogens with one attached hydrogen (secondary N) is 1. The van der Waals surface area contributed by atoms with Gasteiger partial charge in [0.1, 0.15) is 0 Å². The van der Waals surface area contributed by atoms with E-state index < -0.39 is 0 Å². The Labute approximate surface area is 162 Å². The standard InChI is InChI=1S/C21H32N4O2/c1-2-5-18-6-8-19(9-7-18)22-20(26)16-23-12-14-24(15-13-23)17-21(27)25-10-3-4-11-25/h6-9H,2-5,10-17H2,1H3,(H,22,26). The minimum atomic E-state index is 0.0276. The van der Waals surface area contributed by atoms with Crippen molar-refractivity contribution in [3.63, 3.8) is 0 Å². The number of nitrogens with zero attached hydrogens (tertiary/aromatic N) is 3. The van der Waals surface area contributed by atoms with Crippen LogP contribution < -0.4 is 5.32 Å². The number of rotatable bonds is 7. The topological polar surface area (TPSA) is 55.9 Å². The zero-order valence-corrected chi connectivity index (χ0v) is 16.5. The van der Waals surface area contributed by atoms with Crippen molar-refractivity contribution in [2.45, 2.75) is 32.6 Å². The van der Waals surface area contributed by atoms with Crippen molar-refractivity contribution >= 4 is 17.5 Å². The molecule has 0 unspecified atom stereocenters. The molecule has 2 aliphatic rings. The fourth-order valence-corrected chi connectivity index (χ4v) is 3.81. The Bertz CT molecular complexity index is 618. The number of hydrogen-bond donors (Lipinski definition) is 1. The van der Waals surface area contributed by atoms with Crippen LogP contribution in [-0.4, -0.2) is 78.9 Å². The van der Waals surface area contributed by atoms with Crippen molar-refractivity contribution in [1.29, 1.82) is 0 Å². The lowest BCUT2D eigenvalue weighted by Gasteiger charge is -2.34. The molecule has 27 heavy (non-hydrogen) atoms. The van der Waals surface area contributed by atoms with E-state index in [1.807, 2.05) is 17.0 Å². The van der Waals surface area contributed by atoms with Crippen LogP contribution in [0.3, 0.4) is 0 Å². The minimum absolute atomic E-state index is 0.0276. The molecule has 2 aliphatic heterocycles. The van der Waals surface area contributed by atoms with Crippen LogP contribution in [0.15, 0.2) is 24.3 Å². The lowest BCUT2D eigenvalue weighted by Crippen LogP contribution is -2.51. The lowest BCUT2D eigenvalue weighted by molar-refractivity contribution is -0.132. The maximum atomic E-state index is 12.3. The molecule has 1 N–H and O–H groups in total. The summed E-state index contributed by atoms with van der Waals surface area (Å²) in [7, 11) is 0. The molecule has 6 heteroatoms. The summed E-state index contributed by atoms with van der Waals surface area (Å²) in [5.74, 6) is 0.282. The van der Waals surface area contributed by atoms with E-state index in [2.05, 4.69) is 34.2 Å². The van der Waals surface area contributed by atoms with E-state index in [0.717, 1.165) is 70.6 Å². The van der Waals surface area contributed by atoms with Gasteiger partial charge in [-0.3, -0.25) is 19.4 Å². The maximum absolute atomic E-state index is 12.3. The normalized spacial score (nSPS) is 18.6. The predicted octanol–water partition coefficient (Wildman–Crippen LogP) is 1.82. The number of piperazine rings is 1. The Kier molecular flexibility index (Phi) is 7.24. The van der Waals surface area contributed by atoms with Crippen LogP contribution in [0.2, 0.25) is 0 Å². The molecule has 0 aliphatic carbocycles. The number of carbonyl (C=O) groups excluding carboxylic acids is 2. The molecule has 0 aromatic heterocycles. The van der Waals surface area contributed by atoms with Gasteiger partial charge in [0.2, 0.25) is 11.8 Å². The van der Waals surface area contributed by atoms with Crippen molar-refractivity contribution in [3.05, 3.63) is 29.8 Å². The molecule has 1 aromatic carbocycles. The van der Waals surface area contributed by atoms with Gasteiger partial charge < -0.3 is 10.2 Å². The summed E-state index contributed by atoms with van der Waals surface area (Å²) in [5.41, 5.74) is 2.16. The Hall–Kier alpha value is -1.92. The number of carbonyl (C=O) groups is 2. The highest BCUT2D eigenvalue weighted by Crippen LogP contribution is 2.12. The van der Waals surface area contributed by atoms with E-state index in [1.54, 1.807) is 0 Å². The molecule has 2 heterocycles. The molecule has 1 aromatic rings. The van der Waals surface area contributed by atoms with Crippen molar-refractivity contribution in [3.8, 4) is 0 Å². The highest BCUT2D eigenvalue weighted by Gasteiger charge is 2.24. The monoisotopic (exact) mass is 372 g/mol. The third-order valence-electron chi connectivity index (χ3n) is 5.43. The van der Waals surface area contributed by atoms with E-state index in [9.17, 15) is 9.59 Å². The van der Waals surface area contributed by atoms with Crippen LogP contribution in [0.4, 0.5) is 5.69 Å². The summed E-state index contributed by atoms with van der Waals surface area (Å²) >= 11 is 0. The van der Waals surface area contributed by atoms with Crippen LogP contribution >= 0.6 is 0 Å². The summed E-state index contributed by atoms with van der Waals surface area (Å²) in [5, 5.41) is 2.98. The predicted molar refractivity (Wildman–Crippen MR) is 108 cm³/mol. The third kappa shape index (κ3) is 6.04. The fraction of sp³-hybridized carbons (Fsp3) is 0.619. The Morgan fingerprint density at radius 3 is 2.07 bits per heavy atom. The van der Waals surface area contributed by atoms with Crippen LogP contribution in [-0.2, 0) is 16.0 Å². The van der Waals surface area contributed by atoms with Gasteiger partial charge in [-0.15, -0.1) is 0 Å². The smallest absolute Gasteiger partial charge is 0.238 e. The van der Waals surface area contributed by atoms with Crippen molar-refractivity contribution < 1.29 is 9.59 Å². The molecule has 3 rings (SSSR count). The second kappa shape index (κ2) is 9.85. The molecule has 0 saturated carbocycles. The molecule has 2 fully saturated rings. The zero-order valence-electron chi connectivity index (χ0n) is 16.5. The second-order valence-electron chi connectivity index (χ2n) is 7.64. The molecule has 0 spiro atoms. The second-order valence-corrected chi connectivity index (χ2v) is 7.64. The van der Waals surface area contributed by atoms with Gasteiger partial charge in [-0.2, -0.15) is 0 Å². The summed E-state index contributed by atoms with van der Waals surface area (Å²) in [6.45, 7) is 8.27. The average molecular weight is 373 g/mol. The Balaban J connectivity index is 1.36. The zero-order chi connectivity index (χ0) is 19.1. The minimum Gasteiger partial charge on any atom is -0.342 e. The summed E-state index contributed by atoms with van der Waals surface area (Å²) in [4.78, 5) is 30.9. The van der Waals surface area contributed by atoms with Crippen LogP contribution in [0.25, 0.3) is 0 Å². The quantitative estimate of drug-likeness (QED) is 0.793. The van der Waals surface area contributed by atoms with Crippen molar-refractivity contribution in [2.24, 2.45) is 0 Å². The van der Waals surface area contributed by atoms with Gasteiger partial charge >= 0.3 is 0 Å². The van der Waals surface area contributed by atoms with Crippen molar-refractivity contribution in [2.75, 3.05) is 57.7 Å². The summed E-state index contributed by atoms with van der Waals surface area (Å²) in [6.07, 6.45) is 4.46. The van der Waals surface area contributed by atoms with Gasteiger partial charge in [-0.25, -0.2) is 0 Å². The largest absolute Gasteiger partial charge is 0.342 e. The molecular formula is C21H32N4O2. The van der Waals surface area contributed by atoms with Crippen LogP contribution in [0, 0.1) is 0 Å². The lowest BCUT2D eigenvalue weighted by atomic mass is 10.1. The number of hydrogen-bond acceptors (Lipinski definition) is 4. The first-order valence-corrected chi connectivity index (χ1v) is 10.3. The van der Waals surface area contributed by atoms with Crippen LogP contribution in [0.5, 0.6) is 0 Å². The summed E-state index contributed by atoms with van der Waals surface area (Å²) in [6, 6.07) is 8.11. The third-order valence-corrected chi connectivity index (χ3v) is 5.43. The van der Waals surface area contributed by atoms with Gasteiger partial charge in [0.05, 0.1) is 13.1 Å².